The number of ether oxygens (including phenoxy) is 2. The molecule has 2 rings (SSSR count). The Kier molecular flexibility index (Phi) is 6.02. The zero-order chi connectivity index (χ0) is 15.2. The van der Waals surface area contributed by atoms with Gasteiger partial charge in [-0.1, -0.05) is 0 Å². The van der Waals surface area contributed by atoms with Crippen molar-refractivity contribution < 1.29 is 19.4 Å². The first-order chi connectivity index (χ1) is 10.1. The normalized spacial score (nSPS) is 18.7. The second kappa shape index (κ2) is 7.77. The smallest absolute Gasteiger partial charge is 0.338 e. The Morgan fingerprint density at radius 2 is 2.33 bits per heavy atom. The van der Waals surface area contributed by atoms with Crippen LogP contribution in [-0.2, 0) is 9.47 Å². The van der Waals surface area contributed by atoms with Crippen LogP contribution in [-0.4, -0.2) is 41.3 Å². The van der Waals surface area contributed by atoms with E-state index >= 15 is 0 Å². The number of nitrogens with zero attached hydrogens (tertiary/aromatic N) is 1. The van der Waals surface area contributed by atoms with Crippen molar-refractivity contribution in [1.29, 1.82) is 0 Å². The maximum Gasteiger partial charge on any atom is 0.338 e. The van der Waals surface area contributed by atoms with Crippen LogP contribution in [0.2, 0.25) is 0 Å². The molecule has 116 valence electrons. The van der Waals surface area contributed by atoms with Crippen LogP contribution in [0.1, 0.15) is 40.9 Å². The number of hydrogen-bond donors (Lipinski definition) is 1. The van der Waals surface area contributed by atoms with Gasteiger partial charge >= 0.3 is 5.97 Å². The lowest BCUT2D eigenvalue weighted by atomic mass is 10.1. The molecule has 0 amide bonds. The molecule has 6 heteroatoms. The number of carbonyl (C=O) groups is 1. The van der Waals surface area contributed by atoms with Crippen LogP contribution in [0.5, 0.6) is 0 Å². The summed E-state index contributed by atoms with van der Waals surface area (Å²) in [5.74, 6) is -0.269. The molecule has 1 aliphatic heterocycles. The van der Waals surface area contributed by atoms with E-state index in [1.165, 1.54) is 11.8 Å². The van der Waals surface area contributed by atoms with Gasteiger partial charge in [0, 0.05) is 18.1 Å². The molecule has 1 atom stereocenters. The summed E-state index contributed by atoms with van der Waals surface area (Å²) in [5, 5.41) is 9.86. The van der Waals surface area contributed by atoms with E-state index in [1.807, 2.05) is 6.92 Å². The number of hydrogen-bond acceptors (Lipinski definition) is 5. The molecule has 1 N–H and O–H groups in total. The summed E-state index contributed by atoms with van der Waals surface area (Å²) in [5.41, 5.74) is 1.87. The van der Waals surface area contributed by atoms with Crippen LogP contribution in [0.3, 0.4) is 0 Å². The average Bonchev–Trinajstić information content (AvgIpc) is 2.43. The van der Waals surface area contributed by atoms with Gasteiger partial charge in [0.25, 0.3) is 0 Å². The van der Waals surface area contributed by atoms with E-state index in [2.05, 4.69) is 4.98 Å². The van der Waals surface area contributed by atoms with Crippen LogP contribution >= 0.6 is 11.8 Å². The maximum atomic E-state index is 11.3. The third-order valence-corrected chi connectivity index (χ3v) is 4.23. The summed E-state index contributed by atoms with van der Waals surface area (Å²) < 4.78 is 11.1. The highest BCUT2D eigenvalue weighted by Crippen LogP contribution is 2.24. The largest absolute Gasteiger partial charge is 0.478 e. The van der Waals surface area contributed by atoms with Crippen molar-refractivity contribution in [2.24, 2.45) is 0 Å². The molecule has 0 bridgehead atoms. The summed E-state index contributed by atoms with van der Waals surface area (Å²) >= 11 is 1.42. The Morgan fingerprint density at radius 3 is 3.00 bits per heavy atom. The second-order valence-corrected chi connectivity index (χ2v) is 6.16. The predicted molar refractivity (Wildman–Crippen MR) is 80.9 cm³/mol. The highest BCUT2D eigenvalue weighted by molar-refractivity contribution is 7.99. The first-order valence-corrected chi connectivity index (χ1v) is 8.14. The van der Waals surface area contributed by atoms with Crippen molar-refractivity contribution in [1.82, 2.24) is 4.98 Å². The van der Waals surface area contributed by atoms with Gasteiger partial charge in [0.15, 0.2) is 6.29 Å². The van der Waals surface area contributed by atoms with Crippen LogP contribution in [0.4, 0.5) is 0 Å². The summed E-state index contributed by atoms with van der Waals surface area (Å²) in [4.78, 5) is 15.7. The third kappa shape index (κ3) is 4.69. The number of aromatic nitrogens is 1. The number of pyridine rings is 1. The number of thioether (sulfide) groups is 1. The molecule has 0 aliphatic carbocycles. The van der Waals surface area contributed by atoms with E-state index in [1.54, 1.807) is 13.0 Å². The van der Waals surface area contributed by atoms with Gasteiger partial charge in [0.05, 0.1) is 12.2 Å². The van der Waals surface area contributed by atoms with Crippen LogP contribution in [0, 0.1) is 13.8 Å². The molecular formula is C15H21NO4S. The standard InChI is InChI=1S/C15H21NO4S/c1-10-9-11(2)16-14(13(10)15(17)18)21-8-7-20-12-5-3-4-6-19-12/h9,12H,3-8H2,1-2H3,(H,17,18). The van der Waals surface area contributed by atoms with Crippen molar-refractivity contribution >= 4 is 17.7 Å². The molecule has 5 nitrogen and oxygen atoms in total. The van der Waals surface area contributed by atoms with Gasteiger partial charge < -0.3 is 14.6 Å². The Hall–Kier alpha value is -1.11. The summed E-state index contributed by atoms with van der Waals surface area (Å²) in [6.07, 6.45) is 3.07. The predicted octanol–water partition coefficient (Wildman–Crippen LogP) is 3.03. The Morgan fingerprint density at radius 1 is 1.52 bits per heavy atom. The van der Waals surface area contributed by atoms with Gasteiger partial charge in [-0.15, -0.1) is 11.8 Å². The van der Waals surface area contributed by atoms with E-state index in [9.17, 15) is 9.90 Å². The van der Waals surface area contributed by atoms with Crippen molar-refractivity contribution in [2.45, 2.75) is 44.4 Å². The lowest BCUT2D eigenvalue weighted by molar-refractivity contribution is -0.158. The van der Waals surface area contributed by atoms with E-state index in [4.69, 9.17) is 9.47 Å². The molecule has 0 aromatic carbocycles. The van der Waals surface area contributed by atoms with E-state index < -0.39 is 5.97 Å². The molecular weight excluding hydrogens is 290 g/mol. The van der Waals surface area contributed by atoms with Gasteiger partial charge in [-0.3, -0.25) is 0 Å². The highest BCUT2D eigenvalue weighted by Gasteiger charge is 2.17. The fraction of sp³-hybridized carbons (Fsp3) is 0.600. The number of rotatable bonds is 6. The minimum atomic E-state index is -0.931. The fourth-order valence-corrected chi connectivity index (χ4v) is 3.30. The topological polar surface area (TPSA) is 68.7 Å². The van der Waals surface area contributed by atoms with Crippen molar-refractivity contribution in [2.75, 3.05) is 19.0 Å². The second-order valence-electron chi connectivity index (χ2n) is 5.08. The van der Waals surface area contributed by atoms with Crippen molar-refractivity contribution in [3.05, 3.63) is 22.9 Å². The summed E-state index contributed by atoms with van der Waals surface area (Å²) in [6, 6.07) is 1.79. The minimum absolute atomic E-state index is 0.106. The SMILES string of the molecule is Cc1cc(C)c(C(=O)O)c(SCCOC2CCCCO2)n1. The zero-order valence-corrected chi connectivity index (χ0v) is 13.2. The van der Waals surface area contributed by atoms with E-state index in [0.29, 0.717) is 22.9 Å². The average molecular weight is 311 g/mol. The Bertz CT molecular complexity index is 501. The van der Waals surface area contributed by atoms with Gasteiger partial charge in [-0.25, -0.2) is 9.78 Å². The fourth-order valence-electron chi connectivity index (χ4n) is 2.33. The molecule has 1 unspecified atom stereocenters. The van der Waals surface area contributed by atoms with Crippen molar-refractivity contribution in [3.63, 3.8) is 0 Å². The summed E-state index contributed by atoms with van der Waals surface area (Å²) in [6.45, 7) is 4.96. The molecule has 1 saturated heterocycles. The Balaban J connectivity index is 1.88. The number of aryl methyl sites for hydroxylation is 2. The van der Waals surface area contributed by atoms with E-state index in [0.717, 1.165) is 37.1 Å². The molecule has 1 aromatic heterocycles. The molecule has 1 fully saturated rings. The quantitative estimate of drug-likeness (QED) is 0.643. The molecule has 21 heavy (non-hydrogen) atoms. The summed E-state index contributed by atoms with van der Waals surface area (Å²) in [7, 11) is 0. The molecule has 1 aromatic rings. The lowest BCUT2D eigenvalue weighted by Crippen LogP contribution is -2.23. The number of carboxylic acid groups (broad SMARTS) is 1. The van der Waals surface area contributed by atoms with Gasteiger partial charge in [0.1, 0.15) is 5.03 Å². The molecule has 2 heterocycles. The van der Waals surface area contributed by atoms with Crippen LogP contribution in [0.25, 0.3) is 0 Å². The minimum Gasteiger partial charge on any atom is -0.478 e. The number of carboxylic acids is 1. The number of aromatic carboxylic acids is 1. The maximum absolute atomic E-state index is 11.3. The van der Waals surface area contributed by atoms with Gasteiger partial charge in [-0.05, 0) is 44.7 Å². The lowest BCUT2D eigenvalue weighted by Gasteiger charge is -2.22. The van der Waals surface area contributed by atoms with E-state index in [-0.39, 0.29) is 6.29 Å². The molecule has 1 aliphatic rings. The first-order valence-electron chi connectivity index (χ1n) is 7.15. The zero-order valence-electron chi connectivity index (χ0n) is 12.4. The Labute approximate surface area is 129 Å². The highest BCUT2D eigenvalue weighted by atomic mass is 32.2. The van der Waals surface area contributed by atoms with Gasteiger partial charge in [-0.2, -0.15) is 0 Å². The molecule has 0 saturated carbocycles. The van der Waals surface area contributed by atoms with Crippen molar-refractivity contribution in [3.8, 4) is 0 Å². The molecule has 0 spiro atoms. The third-order valence-electron chi connectivity index (χ3n) is 3.29. The van der Waals surface area contributed by atoms with Crippen LogP contribution < -0.4 is 0 Å². The monoisotopic (exact) mass is 311 g/mol. The molecule has 0 radical (unpaired) electrons. The van der Waals surface area contributed by atoms with Crippen LogP contribution in [0.15, 0.2) is 11.1 Å². The van der Waals surface area contributed by atoms with Gasteiger partial charge in [0.2, 0.25) is 0 Å². The first kappa shape index (κ1) is 16.3.